The second-order valence-corrected chi connectivity index (χ2v) is 21.2. The van der Waals surface area contributed by atoms with Crippen LogP contribution in [0.4, 0.5) is 0 Å². The van der Waals surface area contributed by atoms with Crippen LogP contribution in [0.2, 0.25) is 0 Å². The molecule has 0 N–H and O–H groups in total. The molecular formula is C20H40P2S. The fourth-order valence-corrected chi connectivity index (χ4v) is 20.3. The molecule has 0 amide bonds. The molecule has 0 unspecified atom stereocenters. The van der Waals surface area contributed by atoms with E-state index in [1.165, 1.54) is 31.8 Å². The zero-order valence-electron chi connectivity index (χ0n) is 17.1. The molecule has 0 spiro atoms. The molecule has 0 radical (unpaired) electrons. The van der Waals surface area contributed by atoms with Crippen LogP contribution in [-0.4, -0.2) is 27.0 Å². The number of hydrogen-bond donors (Lipinski definition) is 0. The smallest absolute Gasteiger partial charge is 0.0130 e. The van der Waals surface area contributed by atoms with Crippen molar-refractivity contribution in [2.24, 2.45) is 11.8 Å². The van der Waals surface area contributed by atoms with E-state index in [0.717, 1.165) is 17.2 Å². The lowest BCUT2D eigenvalue weighted by atomic mass is 9.82. The summed E-state index contributed by atoms with van der Waals surface area (Å²) in [5, 5.41) is 2.00. The summed E-state index contributed by atoms with van der Waals surface area (Å²) in [7, 11) is -0.0945. The standard InChI is InChI=1S/C20H40P2S/c1-18(2,3)21(19(4,5)6)17-16-13-11-10-12-15(16)14-22(17,23)20(7,8)9/h15-17H,10-14H2,1-9H3/t15-,16+,17+,22+/m1/s1. The van der Waals surface area contributed by atoms with Crippen LogP contribution in [0.15, 0.2) is 0 Å². The number of hydrogen-bond acceptors (Lipinski definition) is 1. The largest absolute Gasteiger partial charge is 0.0963 e. The molecule has 0 aromatic heterocycles. The highest BCUT2D eigenvalue weighted by Gasteiger charge is 2.58. The Morgan fingerprint density at radius 2 is 1.30 bits per heavy atom. The summed E-state index contributed by atoms with van der Waals surface area (Å²) in [6, 6.07) is -1.36. The van der Waals surface area contributed by atoms with E-state index in [1.807, 2.05) is 0 Å². The van der Waals surface area contributed by atoms with E-state index in [-0.39, 0.29) is 7.92 Å². The maximum atomic E-state index is 6.68. The molecule has 4 atom stereocenters. The first-order valence-corrected chi connectivity index (χ1v) is 14.0. The van der Waals surface area contributed by atoms with Crippen molar-refractivity contribution in [3.8, 4) is 0 Å². The van der Waals surface area contributed by atoms with E-state index in [2.05, 4.69) is 62.3 Å². The first-order valence-electron chi connectivity index (χ1n) is 9.58. The van der Waals surface area contributed by atoms with Crippen LogP contribution in [0.5, 0.6) is 0 Å². The lowest BCUT2D eigenvalue weighted by molar-refractivity contribution is 0.289. The third kappa shape index (κ3) is 3.78. The van der Waals surface area contributed by atoms with E-state index < -0.39 is 6.04 Å². The Morgan fingerprint density at radius 3 is 1.74 bits per heavy atom. The summed E-state index contributed by atoms with van der Waals surface area (Å²) in [5.74, 6) is 1.90. The van der Waals surface area contributed by atoms with Crippen LogP contribution in [0.3, 0.4) is 0 Å². The van der Waals surface area contributed by atoms with Gasteiger partial charge in [0.05, 0.1) is 0 Å². The number of rotatable bonds is 1. The minimum Gasteiger partial charge on any atom is -0.0963 e. The Hall–Kier alpha value is 1.08. The summed E-state index contributed by atoms with van der Waals surface area (Å²) in [6.07, 6.45) is 7.25. The van der Waals surface area contributed by atoms with Crippen molar-refractivity contribution >= 4 is 25.8 Å². The van der Waals surface area contributed by atoms with Gasteiger partial charge in [-0.1, -0.05) is 94.9 Å². The average Bonchev–Trinajstić information content (AvgIpc) is 2.60. The highest BCUT2D eigenvalue weighted by molar-refractivity contribution is 8.18. The molecule has 1 saturated heterocycles. The molecule has 0 nitrogen and oxygen atoms in total. The predicted octanol–water partition coefficient (Wildman–Crippen LogP) is 7.49. The second-order valence-electron chi connectivity index (χ2n) is 11.0. The summed E-state index contributed by atoms with van der Waals surface area (Å²) < 4.78 is 0. The zero-order valence-corrected chi connectivity index (χ0v) is 19.7. The summed E-state index contributed by atoms with van der Waals surface area (Å²) in [6.45, 7) is 22.4. The summed E-state index contributed by atoms with van der Waals surface area (Å²) in [5.41, 5.74) is 0. The van der Waals surface area contributed by atoms with Gasteiger partial charge in [0.1, 0.15) is 0 Å². The van der Waals surface area contributed by atoms with Crippen molar-refractivity contribution in [1.29, 1.82) is 0 Å². The third-order valence-corrected chi connectivity index (χ3v) is 19.6. The van der Waals surface area contributed by atoms with Crippen molar-refractivity contribution < 1.29 is 0 Å². The van der Waals surface area contributed by atoms with Crippen molar-refractivity contribution in [1.82, 2.24) is 0 Å². The molecule has 136 valence electrons. The molecular weight excluding hydrogens is 334 g/mol. The Kier molecular flexibility index (Phi) is 5.63. The molecule has 3 heteroatoms. The highest BCUT2D eigenvalue weighted by atomic mass is 32.4. The predicted molar refractivity (Wildman–Crippen MR) is 115 cm³/mol. The Bertz CT molecular complexity index is 461. The Balaban J connectivity index is 2.58. The van der Waals surface area contributed by atoms with Gasteiger partial charge in [-0.3, -0.25) is 0 Å². The molecule has 0 aromatic carbocycles. The highest BCUT2D eigenvalue weighted by Crippen LogP contribution is 2.83. The topological polar surface area (TPSA) is 0 Å². The van der Waals surface area contributed by atoms with Crippen molar-refractivity contribution in [2.75, 3.05) is 6.16 Å². The van der Waals surface area contributed by atoms with Gasteiger partial charge in [-0.05, 0) is 52.3 Å². The van der Waals surface area contributed by atoms with E-state index in [0.29, 0.717) is 15.5 Å². The Morgan fingerprint density at radius 1 is 0.826 bits per heavy atom. The fraction of sp³-hybridized carbons (Fsp3) is 1.00. The van der Waals surface area contributed by atoms with Crippen LogP contribution in [0.1, 0.15) is 88.0 Å². The first kappa shape index (κ1) is 20.4. The molecule has 1 aliphatic carbocycles. The molecule has 23 heavy (non-hydrogen) atoms. The molecule has 2 fully saturated rings. The van der Waals surface area contributed by atoms with Crippen LogP contribution >= 0.6 is 14.0 Å². The van der Waals surface area contributed by atoms with Gasteiger partial charge in [0.2, 0.25) is 0 Å². The van der Waals surface area contributed by atoms with Crippen molar-refractivity contribution in [3.63, 3.8) is 0 Å². The minimum absolute atomic E-state index is 0.0945. The third-order valence-electron chi connectivity index (χ3n) is 6.13. The van der Waals surface area contributed by atoms with E-state index >= 15 is 0 Å². The van der Waals surface area contributed by atoms with Gasteiger partial charge in [-0.15, -0.1) is 0 Å². The molecule has 0 bridgehead atoms. The van der Waals surface area contributed by atoms with Gasteiger partial charge in [0, 0.05) is 5.40 Å². The van der Waals surface area contributed by atoms with Gasteiger partial charge in [-0.2, -0.15) is 0 Å². The van der Waals surface area contributed by atoms with Crippen molar-refractivity contribution in [3.05, 3.63) is 0 Å². The van der Waals surface area contributed by atoms with Gasteiger partial charge in [0.15, 0.2) is 0 Å². The lowest BCUT2D eigenvalue weighted by Crippen LogP contribution is -2.36. The van der Waals surface area contributed by atoms with Gasteiger partial charge in [0.25, 0.3) is 0 Å². The zero-order chi connectivity index (χ0) is 17.8. The van der Waals surface area contributed by atoms with Crippen LogP contribution in [0.25, 0.3) is 0 Å². The molecule has 1 aliphatic heterocycles. The SMILES string of the molecule is CC(C)(C)P([C@@H]1[C@H]2CCCC[C@@H]2C[P@@]1(=S)C(C)(C)C)C(C)(C)C. The molecule has 2 rings (SSSR count). The first-order chi connectivity index (χ1) is 10.2. The van der Waals surface area contributed by atoms with Crippen LogP contribution in [-0.2, 0) is 11.8 Å². The lowest BCUT2D eigenvalue weighted by Gasteiger charge is -2.53. The fourth-order valence-electron chi connectivity index (χ4n) is 5.47. The van der Waals surface area contributed by atoms with Gasteiger partial charge in [-0.25, -0.2) is 0 Å². The molecule has 1 saturated carbocycles. The quantitative estimate of drug-likeness (QED) is 0.428. The molecule has 1 heterocycles. The molecule has 2 aliphatic rings. The van der Waals surface area contributed by atoms with Crippen molar-refractivity contribution in [2.45, 2.75) is 109 Å². The monoisotopic (exact) mass is 374 g/mol. The summed E-state index contributed by atoms with van der Waals surface area (Å²) in [4.78, 5) is 0. The van der Waals surface area contributed by atoms with E-state index in [1.54, 1.807) is 0 Å². The van der Waals surface area contributed by atoms with Crippen LogP contribution < -0.4 is 0 Å². The molecule has 0 aromatic rings. The number of fused-ring (bicyclic) bond motifs is 1. The average molecular weight is 375 g/mol. The van der Waals surface area contributed by atoms with E-state index in [4.69, 9.17) is 11.8 Å². The minimum atomic E-state index is -1.36. The normalized spacial score (nSPS) is 36.3. The maximum Gasteiger partial charge on any atom is 0.0130 e. The van der Waals surface area contributed by atoms with Gasteiger partial charge >= 0.3 is 0 Å². The van der Waals surface area contributed by atoms with E-state index in [9.17, 15) is 0 Å². The summed E-state index contributed by atoms with van der Waals surface area (Å²) >= 11 is 6.68. The van der Waals surface area contributed by atoms with Gasteiger partial charge < -0.3 is 0 Å². The van der Waals surface area contributed by atoms with Crippen LogP contribution in [0, 0.1) is 11.8 Å². The maximum absolute atomic E-state index is 6.68. The Labute approximate surface area is 152 Å². The second kappa shape index (κ2) is 6.35.